The molecule has 1 unspecified atom stereocenters. The summed E-state index contributed by atoms with van der Waals surface area (Å²) in [6.45, 7) is 9.52. The summed E-state index contributed by atoms with van der Waals surface area (Å²) in [5.74, 6) is 0.156. The Labute approximate surface area is 93.4 Å². The van der Waals surface area contributed by atoms with Gasteiger partial charge in [-0.15, -0.1) is 0 Å². The fourth-order valence-corrected chi connectivity index (χ4v) is 1.16. The molecule has 0 saturated heterocycles. The van der Waals surface area contributed by atoms with Gasteiger partial charge >= 0.3 is 5.97 Å². The molecule has 15 heavy (non-hydrogen) atoms. The normalized spacial score (nSPS) is 13.7. The van der Waals surface area contributed by atoms with Crippen LogP contribution in [0.3, 0.4) is 0 Å². The Morgan fingerprint density at radius 2 is 2.00 bits per heavy atom. The first-order chi connectivity index (χ1) is 6.89. The van der Waals surface area contributed by atoms with E-state index in [9.17, 15) is 4.79 Å². The summed E-state index contributed by atoms with van der Waals surface area (Å²) in [6.07, 6.45) is 2.29. The van der Waals surface area contributed by atoms with Crippen molar-refractivity contribution in [2.24, 2.45) is 17.1 Å². The average molecular weight is 215 g/mol. The molecule has 0 aliphatic rings. The van der Waals surface area contributed by atoms with Gasteiger partial charge in [0.25, 0.3) is 0 Å². The lowest BCUT2D eigenvalue weighted by atomic mass is 9.93. The Bertz CT molecular complexity index is 181. The van der Waals surface area contributed by atoms with Crippen LogP contribution in [0.2, 0.25) is 0 Å². The minimum absolute atomic E-state index is 0.114. The van der Waals surface area contributed by atoms with E-state index in [0.717, 1.165) is 12.8 Å². The van der Waals surface area contributed by atoms with Gasteiger partial charge < -0.3 is 10.5 Å². The zero-order chi connectivity index (χ0) is 11.9. The molecule has 0 aromatic rings. The predicted molar refractivity (Wildman–Crippen MR) is 62.5 cm³/mol. The number of hydrogen-bond donors (Lipinski definition) is 1. The Morgan fingerprint density at radius 1 is 1.40 bits per heavy atom. The van der Waals surface area contributed by atoms with Gasteiger partial charge in [-0.3, -0.25) is 4.79 Å². The number of carbonyl (C=O) groups is 1. The standard InChI is InChI=1S/C12H25NO2/c1-5-10(9-13)8-11(14)15-7-6-12(2,3)4/h10H,5-9,13H2,1-4H3. The monoisotopic (exact) mass is 215 g/mol. The van der Waals surface area contributed by atoms with E-state index in [4.69, 9.17) is 10.5 Å². The maximum absolute atomic E-state index is 11.4. The first-order valence-corrected chi connectivity index (χ1v) is 5.74. The van der Waals surface area contributed by atoms with Crippen LogP contribution in [0, 0.1) is 11.3 Å². The van der Waals surface area contributed by atoms with Gasteiger partial charge in [-0.25, -0.2) is 0 Å². The highest BCUT2D eigenvalue weighted by molar-refractivity contribution is 5.69. The molecule has 0 aliphatic carbocycles. The largest absolute Gasteiger partial charge is 0.466 e. The summed E-state index contributed by atoms with van der Waals surface area (Å²) in [6, 6.07) is 0. The van der Waals surface area contributed by atoms with Crippen LogP contribution in [0.4, 0.5) is 0 Å². The number of hydrogen-bond acceptors (Lipinski definition) is 3. The van der Waals surface area contributed by atoms with Crippen LogP contribution < -0.4 is 5.73 Å². The molecular formula is C12H25NO2. The molecule has 0 aliphatic heterocycles. The van der Waals surface area contributed by atoms with E-state index in [-0.39, 0.29) is 17.3 Å². The van der Waals surface area contributed by atoms with E-state index in [1.165, 1.54) is 0 Å². The van der Waals surface area contributed by atoms with Gasteiger partial charge in [0.2, 0.25) is 0 Å². The molecule has 0 fully saturated rings. The highest BCUT2D eigenvalue weighted by atomic mass is 16.5. The van der Waals surface area contributed by atoms with E-state index in [1.54, 1.807) is 0 Å². The molecule has 0 saturated carbocycles. The second-order valence-corrected chi connectivity index (χ2v) is 5.25. The number of nitrogens with two attached hydrogens (primary N) is 1. The molecule has 2 N–H and O–H groups in total. The maximum atomic E-state index is 11.4. The lowest BCUT2D eigenvalue weighted by Crippen LogP contribution is -2.20. The molecule has 0 bridgehead atoms. The molecular weight excluding hydrogens is 190 g/mol. The highest BCUT2D eigenvalue weighted by Gasteiger charge is 2.14. The van der Waals surface area contributed by atoms with Gasteiger partial charge in [-0.1, -0.05) is 34.1 Å². The van der Waals surface area contributed by atoms with E-state index in [0.29, 0.717) is 19.6 Å². The van der Waals surface area contributed by atoms with Crippen molar-refractivity contribution < 1.29 is 9.53 Å². The van der Waals surface area contributed by atoms with Gasteiger partial charge in [-0.2, -0.15) is 0 Å². The van der Waals surface area contributed by atoms with Crippen molar-refractivity contribution in [1.29, 1.82) is 0 Å². The van der Waals surface area contributed by atoms with Crippen LogP contribution in [0.15, 0.2) is 0 Å². The van der Waals surface area contributed by atoms with Crippen molar-refractivity contribution in [3.63, 3.8) is 0 Å². The molecule has 1 atom stereocenters. The van der Waals surface area contributed by atoms with Crippen molar-refractivity contribution in [2.75, 3.05) is 13.2 Å². The third-order valence-electron chi connectivity index (χ3n) is 2.48. The Kier molecular flexibility index (Phi) is 6.57. The van der Waals surface area contributed by atoms with Crippen molar-refractivity contribution in [1.82, 2.24) is 0 Å². The summed E-state index contributed by atoms with van der Waals surface area (Å²) in [7, 11) is 0. The Hall–Kier alpha value is -0.570. The fraction of sp³-hybridized carbons (Fsp3) is 0.917. The van der Waals surface area contributed by atoms with Gasteiger partial charge in [0.15, 0.2) is 0 Å². The first-order valence-electron chi connectivity index (χ1n) is 5.74. The SMILES string of the molecule is CCC(CN)CC(=O)OCCC(C)(C)C. The van der Waals surface area contributed by atoms with E-state index in [2.05, 4.69) is 20.8 Å². The third kappa shape index (κ3) is 8.43. The molecule has 0 aromatic heterocycles. The number of ether oxygens (including phenoxy) is 1. The Morgan fingerprint density at radius 3 is 2.40 bits per heavy atom. The van der Waals surface area contributed by atoms with Crippen LogP contribution >= 0.6 is 0 Å². The predicted octanol–water partition coefficient (Wildman–Crippen LogP) is 2.34. The number of esters is 1. The highest BCUT2D eigenvalue weighted by Crippen LogP contribution is 2.18. The van der Waals surface area contributed by atoms with Crippen LogP contribution in [-0.2, 0) is 9.53 Å². The molecule has 0 radical (unpaired) electrons. The van der Waals surface area contributed by atoms with Crippen molar-refractivity contribution >= 4 is 5.97 Å². The third-order valence-corrected chi connectivity index (χ3v) is 2.48. The van der Waals surface area contributed by atoms with Crippen LogP contribution in [-0.4, -0.2) is 19.1 Å². The first kappa shape index (κ1) is 14.4. The average Bonchev–Trinajstić information content (AvgIpc) is 2.12. The second-order valence-electron chi connectivity index (χ2n) is 5.25. The minimum atomic E-state index is -0.114. The lowest BCUT2D eigenvalue weighted by molar-refractivity contribution is -0.145. The Balaban J connectivity index is 3.66. The van der Waals surface area contributed by atoms with Gasteiger partial charge in [0.05, 0.1) is 6.61 Å². The van der Waals surface area contributed by atoms with Gasteiger partial charge in [0.1, 0.15) is 0 Å². The van der Waals surface area contributed by atoms with Crippen molar-refractivity contribution in [2.45, 2.75) is 47.0 Å². The molecule has 0 aromatic carbocycles. The van der Waals surface area contributed by atoms with E-state index >= 15 is 0 Å². The smallest absolute Gasteiger partial charge is 0.306 e. The van der Waals surface area contributed by atoms with Gasteiger partial charge in [0, 0.05) is 6.42 Å². The van der Waals surface area contributed by atoms with Gasteiger partial charge in [-0.05, 0) is 24.3 Å². The zero-order valence-corrected chi connectivity index (χ0v) is 10.5. The fourth-order valence-electron chi connectivity index (χ4n) is 1.16. The topological polar surface area (TPSA) is 52.3 Å². The molecule has 90 valence electrons. The summed E-state index contributed by atoms with van der Waals surface area (Å²) in [5.41, 5.74) is 5.74. The number of carbonyl (C=O) groups excluding carboxylic acids is 1. The molecule has 0 amide bonds. The van der Waals surface area contributed by atoms with Crippen molar-refractivity contribution in [3.05, 3.63) is 0 Å². The lowest BCUT2D eigenvalue weighted by Gasteiger charge is -2.18. The molecule has 0 heterocycles. The zero-order valence-electron chi connectivity index (χ0n) is 10.5. The summed E-state index contributed by atoms with van der Waals surface area (Å²) in [4.78, 5) is 11.4. The van der Waals surface area contributed by atoms with Crippen LogP contribution in [0.25, 0.3) is 0 Å². The molecule has 3 nitrogen and oxygen atoms in total. The number of rotatable bonds is 6. The van der Waals surface area contributed by atoms with Crippen molar-refractivity contribution in [3.8, 4) is 0 Å². The summed E-state index contributed by atoms with van der Waals surface area (Å²) in [5, 5.41) is 0. The minimum Gasteiger partial charge on any atom is -0.466 e. The van der Waals surface area contributed by atoms with Crippen LogP contribution in [0.1, 0.15) is 47.0 Å². The quantitative estimate of drug-likeness (QED) is 0.692. The second kappa shape index (κ2) is 6.83. The molecule has 0 rings (SSSR count). The van der Waals surface area contributed by atoms with E-state index in [1.807, 2.05) is 6.92 Å². The van der Waals surface area contributed by atoms with E-state index < -0.39 is 0 Å². The maximum Gasteiger partial charge on any atom is 0.306 e. The summed E-state index contributed by atoms with van der Waals surface area (Å²) < 4.78 is 5.16. The molecule has 3 heteroatoms. The van der Waals surface area contributed by atoms with Crippen LogP contribution in [0.5, 0.6) is 0 Å². The molecule has 0 spiro atoms. The summed E-state index contributed by atoms with van der Waals surface area (Å²) >= 11 is 0.